The highest BCUT2D eigenvalue weighted by Crippen LogP contribution is 2.20. The van der Waals surface area contributed by atoms with Crippen LogP contribution >= 0.6 is 0 Å². The normalized spacial score (nSPS) is 18.9. The Morgan fingerprint density at radius 1 is 1.24 bits per heavy atom. The van der Waals surface area contributed by atoms with Crippen LogP contribution in [0.3, 0.4) is 0 Å². The van der Waals surface area contributed by atoms with Gasteiger partial charge in [0.25, 0.3) is 0 Å². The summed E-state index contributed by atoms with van der Waals surface area (Å²) in [5.74, 6) is 0.242. The van der Waals surface area contributed by atoms with Gasteiger partial charge < -0.3 is 10.2 Å². The number of nitrogens with one attached hydrogen (secondary N) is 1. The second-order valence-electron chi connectivity index (χ2n) is 5.78. The second kappa shape index (κ2) is 6.27. The van der Waals surface area contributed by atoms with Crippen molar-refractivity contribution in [1.82, 2.24) is 10.2 Å². The third-order valence-electron chi connectivity index (χ3n) is 4.40. The molecule has 1 atom stereocenters. The van der Waals surface area contributed by atoms with E-state index in [1.165, 1.54) is 10.8 Å². The maximum Gasteiger partial charge on any atom is 0.227 e. The van der Waals surface area contributed by atoms with E-state index in [2.05, 4.69) is 29.6 Å². The number of carbonyl (C=O) groups excluding carboxylic acids is 1. The average Bonchev–Trinajstić information content (AvgIpc) is 2.55. The van der Waals surface area contributed by atoms with E-state index in [9.17, 15) is 4.79 Å². The summed E-state index contributed by atoms with van der Waals surface area (Å²) in [6, 6.07) is 14.9. The van der Waals surface area contributed by atoms with Gasteiger partial charge in [-0.25, -0.2) is 0 Å². The van der Waals surface area contributed by atoms with Gasteiger partial charge in [0.05, 0.1) is 6.42 Å². The first-order valence-corrected chi connectivity index (χ1v) is 7.69. The zero-order chi connectivity index (χ0) is 14.7. The third kappa shape index (κ3) is 3.08. The fourth-order valence-corrected chi connectivity index (χ4v) is 3.16. The summed E-state index contributed by atoms with van der Waals surface area (Å²) in [5.41, 5.74) is 1.13. The molecule has 0 spiro atoms. The van der Waals surface area contributed by atoms with Crippen LogP contribution in [0.15, 0.2) is 42.5 Å². The highest BCUT2D eigenvalue weighted by atomic mass is 16.2. The smallest absolute Gasteiger partial charge is 0.227 e. The lowest BCUT2D eigenvalue weighted by molar-refractivity contribution is -0.131. The Hall–Kier alpha value is -1.87. The van der Waals surface area contributed by atoms with Crippen LogP contribution in [0.4, 0.5) is 0 Å². The predicted molar refractivity (Wildman–Crippen MR) is 86.3 cm³/mol. The van der Waals surface area contributed by atoms with E-state index in [0.29, 0.717) is 12.5 Å². The van der Waals surface area contributed by atoms with Crippen molar-refractivity contribution in [3.05, 3.63) is 48.0 Å². The Kier molecular flexibility index (Phi) is 4.20. The van der Waals surface area contributed by atoms with Crippen molar-refractivity contribution in [2.75, 3.05) is 20.1 Å². The number of nitrogens with zero attached hydrogens (tertiary/aromatic N) is 1. The van der Waals surface area contributed by atoms with Crippen molar-refractivity contribution in [1.29, 1.82) is 0 Å². The van der Waals surface area contributed by atoms with E-state index in [1.54, 1.807) is 0 Å². The van der Waals surface area contributed by atoms with Crippen LogP contribution in [-0.2, 0) is 11.2 Å². The van der Waals surface area contributed by atoms with Crippen LogP contribution in [-0.4, -0.2) is 37.0 Å². The van der Waals surface area contributed by atoms with E-state index < -0.39 is 0 Å². The largest absolute Gasteiger partial charge is 0.341 e. The fourth-order valence-electron chi connectivity index (χ4n) is 3.16. The molecular weight excluding hydrogens is 260 g/mol. The number of piperidine rings is 1. The third-order valence-corrected chi connectivity index (χ3v) is 4.40. The predicted octanol–water partition coefficient (Wildman–Crippen LogP) is 2.59. The van der Waals surface area contributed by atoms with Gasteiger partial charge in [-0.15, -0.1) is 0 Å². The molecule has 0 aliphatic carbocycles. The number of rotatable bonds is 3. The lowest BCUT2D eigenvalue weighted by Gasteiger charge is -2.32. The Labute approximate surface area is 125 Å². The quantitative estimate of drug-likeness (QED) is 0.938. The minimum Gasteiger partial charge on any atom is -0.341 e. The molecule has 3 rings (SSSR count). The van der Waals surface area contributed by atoms with Gasteiger partial charge in [0.1, 0.15) is 0 Å². The van der Waals surface area contributed by atoms with Crippen molar-refractivity contribution >= 4 is 16.7 Å². The van der Waals surface area contributed by atoms with Gasteiger partial charge in [-0.3, -0.25) is 4.79 Å². The summed E-state index contributed by atoms with van der Waals surface area (Å²) in [5, 5.41) is 5.68. The van der Waals surface area contributed by atoms with Gasteiger partial charge in [0.2, 0.25) is 5.91 Å². The van der Waals surface area contributed by atoms with E-state index in [-0.39, 0.29) is 5.91 Å². The zero-order valence-electron chi connectivity index (χ0n) is 12.5. The van der Waals surface area contributed by atoms with Crippen LogP contribution in [0.2, 0.25) is 0 Å². The van der Waals surface area contributed by atoms with Gasteiger partial charge in [-0.1, -0.05) is 42.5 Å². The lowest BCUT2D eigenvalue weighted by Crippen LogP contribution is -2.47. The van der Waals surface area contributed by atoms with Crippen molar-refractivity contribution < 1.29 is 4.79 Å². The average molecular weight is 282 g/mol. The summed E-state index contributed by atoms with van der Waals surface area (Å²) >= 11 is 0. The van der Waals surface area contributed by atoms with Gasteiger partial charge in [0, 0.05) is 19.1 Å². The number of fused-ring (bicyclic) bond motifs is 1. The Balaban J connectivity index is 1.77. The number of benzene rings is 2. The van der Waals surface area contributed by atoms with Crippen LogP contribution in [0.1, 0.15) is 18.4 Å². The molecule has 0 bridgehead atoms. The Bertz CT molecular complexity index is 633. The molecule has 1 aliphatic heterocycles. The monoisotopic (exact) mass is 282 g/mol. The molecule has 1 aliphatic rings. The standard InChI is InChI=1S/C18H22N2O/c1-19-16-9-5-11-20(13-16)18(21)12-15-8-4-7-14-6-2-3-10-17(14)15/h2-4,6-8,10,16,19H,5,9,11-13H2,1H3. The molecule has 0 radical (unpaired) electrons. The van der Waals surface area contributed by atoms with Gasteiger partial charge in [0.15, 0.2) is 0 Å². The summed E-state index contributed by atoms with van der Waals surface area (Å²) < 4.78 is 0. The van der Waals surface area contributed by atoms with Crippen molar-refractivity contribution in [2.45, 2.75) is 25.3 Å². The van der Waals surface area contributed by atoms with E-state index in [4.69, 9.17) is 0 Å². The first kappa shape index (κ1) is 14.1. The molecule has 1 amide bonds. The Morgan fingerprint density at radius 2 is 2.05 bits per heavy atom. The molecule has 21 heavy (non-hydrogen) atoms. The fraction of sp³-hybridized carbons (Fsp3) is 0.389. The summed E-state index contributed by atoms with van der Waals surface area (Å²) in [6.45, 7) is 1.72. The molecule has 3 nitrogen and oxygen atoms in total. The topological polar surface area (TPSA) is 32.3 Å². The van der Waals surface area contributed by atoms with Gasteiger partial charge >= 0.3 is 0 Å². The van der Waals surface area contributed by atoms with E-state index in [0.717, 1.165) is 31.5 Å². The van der Waals surface area contributed by atoms with E-state index in [1.807, 2.05) is 30.1 Å². The number of hydrogen-bond donors (Lipinski definition) is 1. The minimum absolute atomic E-state index is 0.242. The van der Waals surface area contributed by atoms with Crippen LogP contribution in [0.5, 0.6) is 0 Å². The highest BCUT2D eigenvalue weighted by molar-refractivity contribution is 5.90. The molecular formula is C18H22N2O. The highest BCUT2D eigenvalue weighted by Gasteiger charge is 2.22. The minimum atomic E-state index is 0.242. The molecule has 2 aromatic rings. The number of carbonyl (C=O) groups is 1. The first-order chi connectivity index (χ1) is 10.3. The van der Waals surface area contributed by atoms with Crippen LogP contribution in [0.25, 0.3) is 10.8 Å². The summed E-state index contributed by atoms with van der Waals surface area (Å²) in [4.78, 5) is 14.6. The second-order valence-corrected chi connectivity index (χ2v) is 5.78. The number of hydrogen-bond acceptors (Lipinski definition) is 2. The molecule has 1 N–H and O–H groups in total. The van der Waals surface area contributed by atoms with Gasteiger partial charge in [-0.2, -0.15) is 0 Å². The lowest BCUT2D eigenvalue weighted by atomic mass is 10.0. The zero-order valence-corrected chi connectivity index (χ0v) is 12.5. The summed E-state index contributed by atoms with van der Waals surface area (Å²) in [6.07, 6.45) is 2.75. The first-order valence-electron chi connectivity index (χ1n) is 7.69. The number of likely N-dealkylation sites (N-methyl/N-ethyl adjacent to an activating group) is 1. The number of likely N-dealkylation sites (tertiary alicyclic amines) is 1. The van der Waals surface area contributed by atoms with Crippen LogP contribution in [0, 0.1) is 0 Å². The maximum absolute atomic E-state index is 12.6. The summed E-state index contributed by atoms with van der Waals surface area (Å²) in [7, 11) is 1.98. The molecule has 1 fully saturated rings. The Morgan fingerprint density at radius 3 is 2.90 bits per heavy atom. The molecule has 0 saturated carbocycles. The van der Waals surface area contributed by atoms with Crippen molar-refractivity contribution in [3.63, 3.8) is 0 Å². The molecule has 1 heterocycles. The van der Waals surface area contributed by atoms with Crippen molar-refractivity contribution in [3.8, 4) is 0 Å². The number of amides is 1. The molecule has 3 heteroatoms. The molecule has 2 aromatic carbocycles. The molecule has 110 valence electrons. The van der Waals surface area contributed by atoms with Gasteiger partial charge in [-0.05, 0) is 36.2 Å². The SMILES string of the molecule is CNC1CCCN(C(=O)Cc2cccc3ccccc23)C1. The maximum atomic E-state index is 12.6. The van der Waals surface area contributed by atoms with Crippen molar-refractivity contribution in [2.24, 2.45) is 0 Å². The molecule has 0 aromatic heterocycles. The molecule has 1 unspecified atom stereocenters. The van der Waals surface area contributed by atoms with E-state index >= 15 is 0 Å². The molecule has 1 saturated heterocycles. The van der Waals surface area contributed by atoms with Crippen LogP contribution < -0.4 is 5.32 Å².